The van der Waals surface area contributed by atoms with E-state index in [9.17, 15) is 27.2 Å². The molecule has 10 heteroatoms. The maximum Gasteiger partial charge on any atom is 0.427 e. The van der Waals surface area contributed by atoms with Gasteiger partial charge in [0.25, 0.3) is 5.56 Å². The largest absolute Gasteiger partial charge is 0.427 e. The quantitative estimate of drug-likeness (QED) is 0.502. The van der Waals surface area contributed by atoms with Gasteiger partial charge in [-0.15, -0.1) is 0 Å². The van der Waals surface area contributed by atoms with Crippen molar-refractivity contribution >= 4 is 22.1 Å². The number of rotatable bonds is 3. The van der Waals surface area contributed by atoms with Gasteiger partial charge in [-0.3, -0.25) is 9.59 Å². The van der Waals surface area contributed by atoms with Gasteiger partial charge >= 0.3 is 6.18 Å². The van der Waals surface area contributed by atoms with Crippen molar-refractivity contribution in [2.45, 2.75) is 19.5 Å². The molecule has 0 amide bonds. The van der Waals surface area contributed by atoms with Crippen molar-refractivity contribution in [1.82, 2.24) is 9.38 Å². The monoisotopic (exact) mass is 395 g/mol. The second-order valence-corrected chi connectivity index (χ2v) is 6.58. The lowest BCUT2D eigenvalue weighted by molar-refractivity contribution is -0.134. The standard InChI is InChI=1S/C17H9F4N3O2S/c1-8(25)14-15(17(19,20)21)27-16-23-11(6-12(26)24(14)16)5-9-3-2-4-10(7-22)13(9)18/h2-4,6H,5H2,1H3. The van der Waals surface area contributed by atoms with Crippen LogP contribution in [0.2, 0.25) is 0 Å². The van der Waals surface area contributed by atoms with Gasteiger partial charge in [0.05, 0.1) is 11.3 Å². The average molecular weight is 395 g/mol. The number of fused-ring (bicyclic) bond motifs is 1. The number of halogens is 4. The van der Waals surface area contributed by atoms with Crippen molar-refractivity contribution in [2.24, 2.45) is 0 Å². The molecular formula is C17H9F4N3O2S. The molecule has 0 saturated carbocycles. The van der Waals surface area contributed by atoms with E-state index in [-0.39, 0.29) is 39.5 Å². The van der Waals surface area contributed by atoms with Crippen LogP contribution in [0.1, 0.15) is 39.1 Å². The normalized spacial score (nSPS) is 11.6. The molecular weight excluding hydrogens is 386 g/mol. The van der Waals surface area contributed by atoms with Gasteiger partial charge in [0.2, 0.25) is 0 Å². The van der Waals surface area contributed by atoms with Gasteiger partial charge in [-0.2, -0.15) is 18.4 Å². The van der Waals surface area contributed by atoms with Crippen molar-refractivity contribution in [3.63, 3.8) is 0 Å². The van der Waals surface area contributed by atoms with Crippen molar-refractivity contribution in [3.8, 4) is 6.07 Å². The molecule has 138 valence electrons. The van der Waals surface area contributed by atoms with E-state index in [0.29, 0.717) is 4.40 Å². The van der Waals surface area contributed by atoms with Gasteiger partial charge in [-0.25, -0.2) is 13.8 Å². The number of hydrogen-bond acceptors (Lipinski definition) is 5. The van der Waals surface area contributed by atoms with Crippen LogP contribution < -0.4 is 5.56 Å². The maximum absolute atomic E-state index is 14.2. The number of aromatic nitrogens is 2. The molecule has 1 aromatic carbocycles. The number of ketones is 1. The predicted molar refractivity (Wildman–Crippen MR) is 88.3 cm³/mol. The summed E-state index contributed by atoms with van der Waals surface area (Å²) in [6, 6.07) is 6.74. The van der Waals surface area contributed by atoms with E-state index in [2.05, 4.69) is 4.98 Å². The molecule has 0 aliphatic rings. The van der Waals surface area contributed by atoms with Crippen LogP contribution in [0, 0.1) is 17.1 Å². The number of carbonyl (C=O) groups is 1. The van der Waals surface area contributed by atoms with Gasteiger partial charge in [0, 0.05) is 19.4 Å². The van der Waals surface area contributed by atoms with E-state index in [1.54, 1.807) is 6.07 Å². The van der Waals surface area contributed by atoms with Crippen LogP contribution in [0.4, 0.5) is 17.6 Å². The van der Waals surface area contributed by atoms with Crippen molar-refractivity contribution < 1.29 is 22.4 Å². The van der Waals surface area contributed by atoms with Crippen LogP contribution >= 0.6 is 11.3 Å². The zero-order chi connectivity index (χ0) is 19.9. The highest BCUT2D eigenvalue weighted by Gasteiger charge is 2.39. The molecule has 3 aromatic rings. The Morgan fingerprint density at radius 1 is 1.37 bits per heavy atom. The zero-order valence-electron chi connectivity index (χ0n) is 13.6. The second kappa shape index (κ2) is 6.59. The highest BCUT2D eigenvalue weighted by Crippen LogP contribution is 2.37. The molecule has 2 aromatic heterocycles. The number of nitrogens with zero attached hydrogens (tertiary/aromatic N) is 3. The van der Waals surface area contributed by atoms with Crippen LogP contribution in [0.25, 0.3) is 4.96 Å². The number of Topliss-reactive ketones (excluding diaryl/α,β-unsaturated/α-hetero) is 1. The summed E-state index contributed by atoms with van der Waals surface area (Å²) < 4.78 is 54.4. The highest BCUT2D eigenvalue weighted by molar-refractivity contribution is 7.17. The van der Waals surface area contributed by atoms with Crippen LogP contribution in [0.3, 0.4) is 0 Å². The average Bonchev–Trinajstić information content (AvgIpc) is 2.97. The molecule has 0 unspecified atom stereocenters. The second-order valence-electron chi connectivity index (χ2n) is 5.60. The Hall–Kier alpha value is -3.06. The summed E-state index contributed by atoms with van der Waals surface area (Å²) in [5, 5.41) is 8.86. The first kappa shape index (κ1) is 18.7. The summed E-state index contributed by atoms with van der Waals surface area (Å²) >= 11 is 0.170. The number of alkyl halides is 3. The van der Waals surface area contributed by atoms with E-state index in [0.717, 1.165) is 13.0 Å². The molecule has 0 saturated heterocycles. The lowest BCUT2D eigenvalue weighted by atomic mass is 10.1. The van der Waals surface area contributed by atoms with E-state index in [1.165, 1.54) is 18.2 Å². The van der Waals surface area contributed by atoms with Crippen LogP contribution in [-0.2, 0) is 12.6 Å². The Labute approximate surface area is 153 Å². The summed E-state index contributed by atoms with van der Waals surface area (Å²) in [4.78, 5) is 26.5. The first-order valence-corrected chi connectivity index (χ1v) is 8.26. The number of benzene rings is 1. The minimum absolute atomic E-state index is 0.0269. The Kier molecular flexibility index (Phi) is 4.57. The predicted octanol–water partition coefficient (Wildman–Crippen LogP) is 3.58. The smallest absolute Gasteiger partial charge is 0.293 e. The van der Waals surface area contributed by atoms with Crippen LogP contribution in [-0.4, -0.2) is 15.2 Å². The fourth-order valence-corrected chi connectivity index (χ4v) is 3.69. The Morgan fingerprint density at radius 2 is 2.07 bits per heavy atom. The third-order valence-corrected chi connectivity index (χ3v) is 4.82. The third kappa shape index (κ3) is 3.33. The lowest BCUT2D eigenvalue weighted by Crippen LogP contribution is -2.20. The molecule has 0 aliphatic heterocycles. The van der Waals surface area contributed by atoms with Crippen molar-refractivity contribution in [2.75, 3.05) is 0 Å². The van der Waals surface area contributed by atoms with Gasteiger partial charge in [-0.1, -0.05) is 23.5 Å². The molecule has 27 heavy (non-hydrogen) atoms. The first-order valence-electron chi connectivity index (χ1n) is 7.44. The number of nitriles is 1. The third-order valence-electron chi connectivity index (χ3n) is 3.73. The van der Waals surface area contributed by atoms with Crippen LogP contribution in [0.5, 0.6) is 0 Å². The number of carbonyl (C=O) groups excluding carboxylic acids is 1. The lowest BCUT2D eigenvalue weighted by Gasteiger charge is -2.06. The molecule has 0 aliphatic carbocycles. The summed E-state index contributed by atoms with van der Waals surface area (Å²) in [6.45, 7) is 0.930. The van der Waals surface area contributed by atoms with Gasteiger partial charge < -0.3 is 0 Å². The van der Waals surface area contributed by atoms with Gasteiger partial charge in [0.15, 0.2) is 10.7 Å². The SMILES string of the molecule is CC(=O)c1c(C(F)(F)F)sc2nc(Cc3cccc(C#N)c3F)cc(=O)n12. The van der Waals surface area contributed by atoms with E-state index >= 15 is 0 Å². The first-order chi connectivity index (χ1) is 12.6. The fraction of sp³-hybridized carbons (Fsp3) is 0.176. The molecule has 5 nitrogen and oxygen atoms in total. The zero-order valence-corrected chi connectivity index (χ0v) is 14.4. The van der Waals surface area contributed by atoms with E-state index in [1.807, 2.05) is 0 Å². The summed E-state index contributed by atoms with van der Waals surface area (Å²) in [5.74, 6) is -1.70. The fourth-order valence-electron chi connectivity index (χ4n) is 2.62. The summed E-state index contributed by atoms with van der Waals surface area (Å²) in [6.07, 6.45) is -5.01. The Balaban J connectivity index is 2.18. The Bertz CT molecular complexity index is 1170. The molecule has 2 heterocycles. The molecule has 0 bridgehead atoms. The molecule has 0 spiro atoms. The topological polar surface area (TPSA) is 75.2 Å². The molecule has 0 fully saturated rings. The van der Waals surface area contributed by atoms with Crippen molar-refractivity contribution in [3.05, 3.63) is 67.8 Å². The van der Waals surface area contributed by atoms with Gasteiger partial charge in [0.1, 0.15) is 22.5 Å². The maximum atomic E-state index is 14.2. The molecule has 3 rings (SSSR count). The van der Waals surface area contributed by atoms with Crippen LogP contribution in [0.15, 0.2) is 29.1 Å². The minimum Gasteiger partial charge on any atom is -0.293 e. The summed E-state index contributed by atoms with van der Waals surface area (Å²) in [5.41, 5.74) is -1.74. The number of hydrogen-bond donors (Lipinski definition) is 0. The Morgan fingerprint density at radius 3 is 2.67 bits per heavy atom. The van der Waals surface area contributed by atoms with E-state index < -0.39 is 33.9 Å². The molecule has 0 N–H and O–H groups in total. The molecule has 0 radical (unpaired) electrons. The minimum atomic E-state index is -4.82. The summed E-state index contributed by atoms with van der Waals surface area (Å²) in [7, 11) is 0. The van der Waals surface area contributed by atoms with Gasteiger partial charge in [-0.05, 0) is 11.6 Å². The van der Waals surface area contributed by atoms with E-state index in [4.69, 9.17) is 5.26 Å². The number of thiazole rings is 1. The molecule has 0 atom stereocenters. The highest BCUT2D eigenvalue weighted by atomic mass is 32.1. The van der Waals surface area contributed by atoms with Crippen molar-refractivity contribution in [1.29, 1.82) is 5.26 Å².